The highest BCUT2D eigenvalue weighted by Gasteiger charge is 2.12. The number of urea groups is 1. The van der Waals surface area contributed by atoms with Crippen molar-refractivity contribution in [1.29, 1.82) is 0 Å². The number of carbonyl (C=O) groups excluding carboxylic acids is 1. The minimum absolute atomic E-state index is 0.191. The van der Waals surface area contributed by atoms with Crippen molar-refractivity contribution in [1.82, 2.24) is 5.32 Å². The Balaban J connectivity index is 1.23. The Bertz CT molecular complexity index is 801. The Morgan fingerprint density at radius 1 is 0.929 bits per heavy atom. The number of hydrogen-bond donors (Lipinski definition) is 2. The predicted octanol–water partition coefficient (Wildman–Crippen LogP) is 3.81. The largest absolute Gasteiger partial charge is 0.486 e. The third kappa shape index (κ3) is 4.68. The maximum absolute atomic E-state index is 12.1. The van der Waals surface area contributed by atoms with E-state index < -0.39 is 0 Å². The standard InChI is InChI=1S/C22H27N3O3/c26-22(23-11-10-17-4-9-20-21(16-17)28-15-14-27-20)24-18-5-7-19(8-6-18)25-12-2-1-3-13-25/h4-9,16H,1-3,10-15H2,(H2,23,24,26). The molecule has 6 heteroatoms. The van der Waals surface area contributed by atoms with Crippen LogP contribution in [0.1, 0.15) is 24.8 Å². The molecule has 1 fully saturated rings. The van der Waals surface area contributed by atoms with Crippen LogP contribution in [0.2, 0.25) is 0 Å². The summed E-state index contributed by atoms with van der Waals surface area (Å²) < 4.78 is 11.1. The van der Waals surface area contributed by atoms with Gasteiger partial charge in [0.1, 0.15) is 13.2 Å². The van der Waals surface area contributed by atoms with Gasteiger partial charge in [-0.05, 0) is 67.6 Å². The van der Waals surface area contributed by atoms with Crippen molar-refractivity contribution >= 4 is 17.4 Å². The van der Waals surface area contributed by atoms with Gasteiger partial charge in [-0.2, -0.15) is 0 Å². The first-order valence-corrected chi connectivity index (χ1v) is 10.1. The van der Waals surface area contributed by atoms with Crippen molar-refractivity contribution in [3.05, 3.63) is 48.0 Å². The maximum Gasteiger partial charge on any atom is 0.319 e. The number of hydrogen-bond acceptors (Lipinski definition) is 4. The molecule has 2 aromatic carbocycles. The first kappa shape index (κ1) is 18.5. The minimum atomic E-state index is -0.191. The number of benzene rings is 2. The molecule has 2 N–H and O–H groups in total. The van der Waals surface area contributed by atoms with Gasteiger partial charge in [-0.1, -0.05) is 6.07 Å². The van der Waals surface area contributed by atoms with Crippen molar-refractivity contribution < 1.29 is 14.3 Å². The minimum Gasteiger partial charge on any atom is -0.486 e. The number of amides is 2. The summed E-state index contributed by atoms with van der Waals surface area (Å²) in [7, 11) is 0. The van der Waals surface area contributed by atoms with Gasteiger partial charge in [0.15, 0.2) is 11.5 Å². The number of rotatable bonds is 5. The number of nitrogens with one attached hydrogen (secondary N) is 2. The average molecular weight is 381 g/mol. The summed E-state index contributed by atoms with van der Waals surface area (Å²) in [6.07, 6.45) is 4.57. The van der Waals surface area contributed by atoms with Crippen LogP contribution in [-0.2, 0) is 6.42 Å². The van der Waals surface area contributed by atoms with E-state index >= 15 is 0 Å². The van der Waals surface area contributed by atoms with Crippen molar-refractivity contribution in [3.63, 3.8) is 0 Å². The molecule has 0 aromatic heterocycles. The van der Waals surface area contributed by atoms with Gasteiger partial charge in [-0.3, -0.25) is 0 Å². The normalized spacial score (nSPS) is 15.8. The highest BCUT2D eigenvalue weighted by molar-refractivity contribution is 5.89. The molecule has 6 nitrogen and oxygen atoms in total. The van der Waals surface area contributed by atoms with E-state index in [1.54, 1.807) is 0 Å². The molecule has 2 aromatic rings. The molecule has 28 heavy (non-hydrogen) atoms. The first-order valence-electron chi connectivity index (χ1n) is 10.1. The topological polar surface area (TPSA) is 62.8 Å². The lowest BCUT2D eigenvalue weighted by Gasteiger charge is -2.28. The lowest BCUT2D eigenvalue weighted by atomic mass is 10.1. The van der Waals surface area contributed by atoms with Gasteiger partial charge in [0.25, 0.3) is 0 Å². The third-order valence-electron chi connectivity index (χ3n) is 5.15. The third-order valence-corrected chi connectivity index (χ3v) is 5.15. The molecular formula is C22H27N3O3. The van der Waals surface area contributed by atoms with Crippen LogP contribution in [0.4, 0.5) is 16.2 Å². The van der Waals surface area contributed by atoms with Gasteiger partial charge in [0, 0.05) is 31.0 Å². The van der Waals surface area contributed by atoms with Gasteiger partial charge in [-0.25, -0.2) is 4.79 Å². The molecule has 1 saturated heterocycles. The number of fused-ring (bicyclic) bond motifs is 1. The quantitative estimate of drug-likeness (QED) is 0.827. The molecule has 2 aliphatic heterocycles. The molecule has 0 aliphatic carbocycles. The Morgan fingerprint density at radius 3 is 2.46 bits per heavy atom. The monoisotopic (exact) mass is 381 g/mol. The molecule has 0 bridgehead atoms. The Morgan fingerprint density at radius 2 is 1.68 bits per heavy atom. The lowest BCUT2D eigenvalue weighted by molar-refractivity contribution is 0.171. The van der Waals surface area contributed by atoms with E-state index in [0.717, 1.165) is 42.3 Å². The molecule has 0 radical (unpaired) electrons. The van der Waals surface area contributed by atoms with Gasteiger partial charge in [0.05, 0.1) is 0 Å². The van der Waals surface area contributed by atoms with Crippen molar-refractivity contribution in [3.8, 4) is 11.5 Å². The molecular weight excluding hydrogens is 354 g/mol. The second kappa shape index (κ2) is 8.87. The van der Waals surface area contributed by atoms with Crippen molar-refractivity contribution in [2.75, 3.05) is 43.1 Å². The number of ether oxygens (including phenoxy) is 2. The van der Waals surface area contributed by atoms with Crippen LogP contribution >= 0.6 is 0 Å². The SMILES string of the molecule is O=C(NCCc1ccc2c(c1)OCCO2)Nc1ccc(N2CCCCC2)cc1. The van der Waals surface area contributed by atoms with Crippen LogP contribution < -0.4 is 25.0 Å². The van der Waals surface area contributed by atoms with Crippen molar-refractivity contribution in [2.45, 2.75) is 25.7 Å². The summed E-state index contributed by atoms with van der Waals surface area (Å²) >= 11 is 0. The summed E-state index contributed by atoms with van der Waals surface area (Å²) in [5, 5.41) is 5.80. The maximum atomic E-state index is 12.1. The number of anilines is 2. The lowest BCUT2D eigenvalue weighted by Crippen LogP contribution is -2.31. The van der Waals surface area contributed by atoms with E-state index in [2.05, 4.69) is 27.7 Å². The van der Waals surface area contributed by atoms with Gasteiger partial charge in [-0.15, -0.1) is 0 Å². The summed E-state index contributed by atoms with van der Waals surface area (Å²) in [6, 6.07) is 13.8. The van der Waals surface area contributed by atoms with Gasteiger partial charge < -0.3 is 25.0 Å². The van der Waals surface area contributed by atoms with E-state index in [-0.39, 0.29) is 6.03 Å². The zero-order valence-corrected chi connectivity index (χ0v) is 16.1. The predicted molar refractivity (Wildman–Crippen MR) is 111 cm³/mol. The van der Waals surface area contributed by atoms with E-state index in [1.807, 2.05) is 30.3 Å². The van der Waals surface area contributed by atoms with Crippen LogP contribution in [0.5, 0.6) is 11.5 Å². The summed E-state index contributed by atoms with van der Waals surface area (Å²) in [6.45, 7) is 3.96. The Hall–Kier alpha value is -2.89. The number of nitrogens with zero attached hydrogens (tertiary/aromatic N) is 1. The zero-order chi connectivity index (χ0) is 19.2. The smallest absolute Gasteiger partial charge is 0.319 e. The Kier molecular flexibility index (Phi) is 5.85. The first-order chi connectivity index (χ1) is 13.8. The average Bonchev–Trinajstić information content (AvgIpc) is 2.75. The summed E-state index contributed by atoms with van der Waals surface area (Å²) in [4.78, 5) is 14.5. The van der Waals surface area contributed by atoms with E-state index in [9.17, 15) is 4.79 Å². The second-order valence-electron chi connectivity index (χ2n) is 7.20. The molecule has 0 saturated carbocycles. The van der Waals surface area contributed by atoms with Crippen LogP contribution in [-0.4, -0.2) is 38.9 Å². The highest BCUT2D eigenvalue weighted by Crippen LogP contribution is 2.30. The summed E-state index contributed by atoms with van der Waals surface area (Å²) in [5.74, 6) is 1.57. The van der Waals surface area contributed by atoms with Crippen molar-refractivity contribution in [2.24, 2.45) is 0 Å². The van der Waals surface area contributed by atoms with E-state index in [0.29, 0.717) is 19.8 Å². The molecule has 0 spiro atoms. The van der Waals surface area contributed by atoms with Gasteiger partial charge in [0.2, 0.25) is 0 Å². The molecule has 0 atom stereocenters. The number of piperidine rings is 1. The van der Waals surface area contributed by atoms with E-state index in [4.69, 9.17) is 9.47 Å². The fourth-order valence-electron chi connectivity index (χ4n) is 3.65. The highest BCUT2D eigenvalue weighted by atomic mass is 16.6. The number of carbonyl (C=O) groups is 1. The summed E-state index contributed by atoms with van der Waals surface area (Å²) in [5.41, 5.74) is 3.14. The fraction of sp³-hybridized carbons (Fsp3) is 0.409. The van der Waals surface area contributed by atoms with Crippen LogP contribution in [0.15, 0.2) is 42.5 Å². The zero-order valence-electron chi connectivity index (χ0n) is 16.1. The van der Waals surface area contributed by atoms with Crippen LogP contribution in [0, 0.1) is 0 Å². The molecule has 2 amide bonds. The second-order valence-corrected chi connectivity index (χ2v) is 7.20. The van der Waals surface area contributed by atoms with E-state index in [1.165, 1.54) is 24.9 Å². The molecule has 0 unspecified atom stereocenters. The molecule has 4 rings (SSSR count). The van der Waals surface area contributed by atoms with Crippen LogP contribution in [0.3, 0.4) is 0 Å². The fourth-order valence-corrected chi connectivity index (χ4v) is 3.65. The van der Waals surface area contributed by atoms with Gasteiger partial charge >= 0.3 is 6.03 Å². The molecule has 2 aliphatic rings. The molecule has 2 heterocycles. The Labute approximate surface area is 165 Å². The molecule has 148 valence electrons. The van der Waals surface area contributed by atoms with Crippen LogP contribution in [0.25, 0.3) is 0 Å².